The minimum atomic E-state index is 0.319. The number of aryl methyl sites for hydroxylation is 2. The first-order valence-corrected chi connectivity index (χ1v) is 12.0. The van der Waals surface area contributed by atoms with Crippen molar-refractivity contribution in [1.29, 1.82) is 0 Å². The van der Waals surface area contributed by atoms with Gasteiger partial charge >= 0.3 is 0 Å². The molecule has 1 unspecified atom stereocenters. The van der Waals surface area contributed by atoms with E-state index in [1.807, 2.05) is 18.2 Å². The lowest BCUT2D eigenvalue weighted by Gasteiger charge is -2.10. The first-order chi connectivity index (χ1) is 14.7. The number of nitrogens with two attached hydrogens (primary N) is 1. The number of aromatic nitrogens is 4. The normalized spacial score (nSPS) is 14.7. The summed E-state index contributed by atoms with van der Waals surface area (Å²) < 4.78 is 5.84. The highest BCUT2D eigenvalue weighted by molar-refractivity contribution is 7.98. The van der Waals surface area contributed by atoms with Crippen LogP contribution in [0.15, 0.2) is 40.0 Å². The van der Waals surface area contributed by atoms with Crippen LogP contribution in [0.5, 0.6) is 0 Å². The van der Waals surface area contributed by atoms with Crippen LogP contribution < -0.4 is 5.73 Å². The average Bonchev–Trinajstić information content (AvgIpc) is 3.37. The van der Waals surface area contributed by atoms with E-state index < -0.39 is 0 Å². The summed E-state index contributed by atoms with van der Waals surface area (Å²) in [6, 6.07) is 10.4. The van der Waals surface area contributed by atoms with E-state index >= 15 is 0 Å². The summed E-state index contributed by atoms with van der Waals surface area (Å²) in [7, 11) is 0. The van der Waals surface area contributed by atoms with Gasteiger partial charge in [0.15, 0.2) is 0 Å². The zero-order valence-electron chi connectivity index (χ0n) is 16.8. The minimum Gasteiger partial charge on any atom is -0.416 e. The molecule has 0 saturated heterocycles. The van der Waals surface area contributed by atoms with Crippen LogP contribution in [0.4, 0.5) is 5.82 Å². The van der Waals surface area contributed by atoms with Crippen molar-refractivity contribution in [1.82, 2.24) is 20.2 Å². The van der Waals surface area contributed by atoms with Crippen molar-refractivity contribution in [2.45, 2.75) is 55.9 Å². The zero-order chi connectivity index (χ0) is 20.5. The number of thioether (sulfide) groups is 1. The third kappa shape index (κ3) is 3.94. The molecule has 1 atom stereocenters. The van der Waals surface area contributed by atoms with Crippen molar-refractivity contribution in [3.8, 4) is 0 Å². The number of hydrogen-bond acceptors (Lipinski definition) is 8. The lowest BCUT2D eigenvalue weighted by Crippen LogP contribution is -2.02. The fraction of sp³-hybridized carbons (Fsp3) is 0.364. The third-order valence-electron chi connectivity index (χ3n) is 5.51. The van der Waals surface area contributed by atoms with Crippen LogP contribution in [0, 0.1) is 0 Å². The molecule has 3 heterocycles. The van der Waals surface area contributed by atoms with Gasteiger partial charge in [-0.05, 0) is 42.7 Å². The SMILES string of the molecule is CC(Cc1nnc(SCc2nc(N)c3c4c(sc3n2)CCCC4)o1)c1ccccc1. The van der Waals surface area contributed by atoms with Crippen molar-refractivity contribution in [2.24, 2.45) is 0 Å². The molecule has 6 nitrogen and oxygen atoms in total. The molecule has 0 aliphatic heterocycles. The lowest BCUT2D eigenvalue weighted by atomic mass is 9.97. The van der Waals surface area contributed by atoms with E-state index in [2.05, 4.69) is 34.2 Å². The van der Waals surface area contributed by atoms with E-state index in [1.54, 1.807) is 11.3 Å². The molecule has 4 aromatic rings. The van der Waals surface area contributed by atoms with Crippen LogP contribution in [-0.2, 0) is 25.0 Å². The van der Waals surface area contributed by atoms with Gasteiger partial charge < -0.3 is 10.2 Å². The standard InChI is InChI=1S/C22H23N5OS2/c1-13(14-7-3-2-4-8-14)11-18-26-27-22(28-18)29-12-17-24-20(23)19-15-9-5-6-10-16(15)30-21(19)25-17/h2-4,7-8,13H,5-6,9-12H2,1H3,(H2,23,24,25). The van der Waals surface area contributed by atoms with Crippen LogP contribution in [0.3, 0.4) is 0 Å². The van der Waals surface area contributed by atoms with Crippen molar-refractivity contribution in [3.63, 3.8) is 0 Å². The van der Waals surface area contributed by atoms with Crippen molar-refractivity contribution < 1.29 is 4.42 Å². The van der Waals surface area contributed by atoms with Crippen LogP contribution in [0.1, 0.15) is 53.4 Å². The number of rotatable bonds is 6. The topological polar surface area (TPSA) is 90.7 Å². The van der Waals surface area contributed by atoms with Gasteiger partial charge in [0.05, 0.1) is 11.1 Å². The molecule has 0 amide bonds. The zero-order valence-corrected chi connectivity index (χ0v) is 18.4. The molecule has 1 aliphatic rings. The van der Waals surface area contributed by atoms with Crippen molar-refractivity contribution >= 4 is 39.1 Å². The largest absolute Gasteiger partial charge is 0.416 e. The van der Waals surface area contributed by atoms with Crippen LogP contribution in [-0.4, -0.2) is 20.2 Å². The van der Waals surface area contributed by atoms with E-state index in [1.165, 1.54) is 40.6 Å². The smallest absolute Gasteiger partial charge is 0.277 e. The molecule has 0 fully saturated rings. The van der Waals surface area contributed by atoms with Gasteiger partial charge in [0, 0.05) is 11.3 Å². The molecular weight excluding hydrogens is 414 g/mol. The first kappa shape index (κ1) is 19.5. The maximum absolute atomic E-state index is 6.30. The Morgan fingerprint density at radius 1 is 1.13 bits per heavy atom. The molecule has 0 spiro atoms. The minimum absolute atomic E-state index is 0.319. The predicted molar refractivity (Wildman–Crippen MR) is 121 cm³/mol. The molecule has 0 radical (unpaired) electrons. The summed E-state index contributed by atoms with van der Waals surface area (Å²) in [5, 5.41) is 9.99. The van der Waals surface area contributed by atoms with Gasteiger partial charge in [-0.15, -0.1) is 21.5 Å². The number of fused-ring (bicyclic) bond motifs is 3. The Morgan fingerprint density at radius 2 is 1.97 bits per heavy atom. The third-order valence-corrected chi connectivity index (χ3v) is 7.51. The Labute approximate surface area is 183 Å². The second-order valence-electron chi connectivity index (χ2n) is 7.68. The van der Waals surface area contributed by atoms with Gasteiger partial charge in [0.1, 0.15) is 16.5 Å². The molecule has 5 rings (SSSR count). The van der Waals surface area contributed by atoms with Crippen LogP contribution in [0.2, 0.25) is 0 Å². The van der Waals surface area contributed by atoms with Crippen molar-refractivity contribution in [3.05, 3.63) is 58.1 Å². The molecule has 0 bridgehead atoms. The highest BCUT2D eigenvalue weighted by Gasteiger charge is 2.20. The molecule has 1 aliphatic carbocycles. The maximum Gasteiger partial charge on any atom is 0.277 e. The van der Waals surface area contributed by atoms with E-state index in [9.17, 15) is 0 Å². The van der Waals surface area contributed by atoms with E-state index in [4.69, 9.17) is 15.1 Å². The summed E-state index contributed by atoms with van der Waals surface area (Å²) in [5.41, 5.74) is 8.94. The summed E-state index contributed by atoms with van der Waals surface area (Å²) >= 11 is 3.22. The van der Waals surface area contributed by atoms with Crippen LogP contribution >= 0.6 is 23.1 Å². The molecule has 30 heavy (non-hydrogen) atoms. The second-order valence-corrected chi connectivity index (χ2v) is 9.69. The summed E-state index contributed by atoms with van der Waals surface area (Å²) in [4.78, 5) is 11.8. The number of hydrogen-bond donors (Lipinski definition) is 1. The van der Waals surface area contributed by atoms with E-state index in [0.717, 1.165) is 23.1 Å². The maximum atomic E-state index is 6.30. The summed E-state index contributed by atoms with van der Waals surface area (Å²) in [5.74, 6) is 2.83. The molecular formula is C22H23N5OS2. The molecule has 154 valence electrons. The Bertz CT molecular complexity index is 1170. The fourth-order valence-electron chi connectivity index (χ4n) is 3.96. The number of nitrogen functional groups attached to an aromatic ring is 1. The molecule has 0 saturated carbocycles. The van der Waals surface area contributed by atoms with Gasteiger partial charge in [-0.2, -0.15) is 0 Å². The quantitative estimate of drug-likeness (QED) is 0.416. The molecule has 8 heteroatoms. The fourth-order valence-corrected chi connectivity index (χ4v) is 5.89. The Hall–Kier alpha value is -2.45. The van der Waals surface area contributed by atoms with E-state index in [0.29, 0.717) is 40.8 Å². The van der Waals surface area contributed by atoms with Gasteiger partial charge in [-0.3, -0.25) is 0 Å². The number of anilines is 1. The number of nitrogens with zero attached hydrogens (tertiary/aromatic N) is 4. The molecule has 2 N–H and O–H groups in total. The summed E-state index contributed by atoms with van der Waals surface area (Å²) in [6.07, 6.45) is 5.40. The Balaban J connectivity index is 1.27. The number of thiophene rings is 1. The monoisotopic (exact) mass is 437 g/mol. The van der Waals surface area contributed by atoms with Gasteiger partial charge in [0.25, 0.3) is 5.22 Å². The van der Waals surface area contributed by atoms with Gasteiger partial charge in [-0.25, -0.2) is 9.97 Å². The Kier molecular flexibility index (Phi) is 5.43. The Morgan fingerprint density at radius 3 is 2.83 bits per heavy atom. The van der Waals surface area contributed by atoms with Crippen LogP contribution in [0.25, 0.3) is 10.2 Å². The highest BCUT2D eigenvalue weighted by atomic mass is 32.2. The second kappa shape index (κ2) is 8.35. The first-order valence-electron chi connectivity index (χ1n) is 10.2. The van der Waals surface area contributed by atoms with E-state index in [-0.39, 0.29) is 0 Å². The predicted octanol–water partition coefficient (Wildman–Crippen LogP) is 5.17. The van der Waals surface area contributed by atoms with Gasteiger partial charge in [-0.1, -0.05) is 49.0 Å². The highest BCUT2D eigenvalue weighted by Crippen LogP contribution is 2.38. The van der Waals surface area contributed by atoms with Gasteiger partial charge in [0.2, 0.25) is 5.89 Å². The van der Waals surface area contributed by atoms with Crippen molar-refractivity contribution in [2.75, 3.05) is 5.73 Å². The lowest BCUT2D eigenvalue weighted by molar-refractivity contribution is 0.404. The molecule has 3 aromatic heterocycles. The number of benzene rings is 1. The molecule has 1 aromatic carbocycles. The average molecular weight is 438 g/mol. The summed E-state index contributed by atoms with van der Waals surface area (Å²) in [6.45, 7) is 2.17.